The third-order valence-corrected chi connectivity index (χ3v) is 1.46. The van der Waals surface area contributed by atoms with Gasteiger partial charge in [0.05, 0.1) is 40.6 Å². The molecule has 0 spiro atoms. The van der Waals surface area contributed by atoms with Crippen LogP contribution in [0.5, 0.6) is 0 Å². The Morgan fingerprint density at radius 2 is 1.83 bits per heavy atom. The maximum absolute atomic E-state index is 5.01. The Kier molecular flexibility index (Phi) is 8.88. The van der Waals surface area contributed by atoms with Crippen molar-refractivity contribution in [3.63, 3.8) is 0 Å². The summed E-state index contributed by atoms with van der Waals surface area (Å²) in [5.41, 5.74) is 0. The minimum absolute atomic E-state index is 0. The summed E-state index contributed by atoms with van der Waals surface area (Å²) in [6.07, 6.45) is 3.85. The van der Waals surface area contributed by atoms with E-state index in [9.17, 15) is 0 Å². The standard InChI is InChI=1S/C9H20NO.ClH/c1-5-11-9-7-6-8-10(2,3)4;/h5H,1,6-9H2,2-4H3;1H/q+1;/p-1. The monoisotopic (exact) mass is 193 g/mol. The maximum atomic E-state index is 5.01. The smallest absolute Gasteiger partial charge is 0.0875 e. The number of hydrogen-bond donors (Lipinski definition) is 0. The molecular weight excluding hydrogens is 174 g/mol. The van der Waals surface area contributed by atoms with Crippen LogP contribution in [0, 0.1) is 0 Å². The lowest BCUT2D eigenvalue weighted by Crippen LogP contribution is -3.00. The lowest BCUT2D eigenvalue weighted by Gasteiger charge is -2.23. The van der Waals surface area contributed by atoms with Crippen LogP contribution in [0.3, 0.4) is 0 Å². The van der Waals surface area contributed by atoms with Crippen LogP contribution < -0.4 is 12.4 Å². The van der Waals surface area contributed by atoms with Crippen molar-refractivity contribution >= 4 is 0 Å². The van der Waals surface area contributed by atoms with Gasteiger partial charge in [-0.05, 0) is 12.8 Å². The topological polar surface area (TPSA) is 9.23 Å². The average molecular weight is 194 g/mol. The first-order valence-electron chi connectivity index (χ1n) is 4.09. The Labute approximate surface area is 82.2 Å². The van der Waals surface area contributed by atoms with Gasteiger partial charge in [-0.15, -0.1) is 0 Å². The van der Waals surface area contributed by atoms with Crippen molar-refractivity contribution in [2.45, 2.75) is 12.8 Å². The largest absolute Gasteiger partial charge is 1.00 e. The van der Waals surface area contributed by atoms with Crippen molar-refractivity contribution in [3.8, 4) is 0 Å². The average Bonchev–Trinajstić information content (AvgIpc) is 1.85. The Morgan fingerprint density at radius 3 is 2.25 bits per heavy atom. The van der Waals surface area contributed by atoms with Crippen LogP contribution in [0.15, 0.2) is 12.8 Å². The third-order valence-electron chi connectivity index (χ3n) is 1.46. The zero-order valence-electron chi connectivity index (χ0n) is 8.35. The Bertz CT molecular complexity index is 110. The highest BCUT2D eigenvalue weighted by molar-refractivity contribution is 4.48. The van der Waals surface area contributed by atoms with Gasteiger partial charge in [0.15, 0.2) is 0 Å². The first-order chi connectivity index (χ1) is 5.06. The zero-order chi connectivity index (χ0) is 8.74. The Hall–Kier alpha value is -0.210. The second-order valence-corrected chi connectivity index (χ2v) is 3.76. The summed E-state index contributed by atoms with van der Waals surface area (Å²) < 4.78 is 6.04. The summed E-state index contributed by atoms with van der Waals surface area (Å²) in [6, 6.07) is 0. The van der Waals surface area contributed by atoms with Crippen LogP contribution in [0.25, 0.3) is 0 Å². The van der Waals surface area contributed by atoms with E-state index < -0.39 is 0 Å². The van der Waals surface area contributed by atoms with Crippen LogP contribution in [0.1, 0.15) is 12.8 Å². The molecule has 0 amide bonds. The molecule has 0 rings (SSSR count). The number of unbranched alkanes of at least 4 members (excludes halogenated alkanes) is 1. The highest BCUT2D eigenvalue weighted by atomic mass is 35.5. The van der Waals surface area contributed by atoms with Gasteiger partial charge >= 0.3 is 0 Å². The molecule has 12 heavy (non-hydrogen) atoms. The normalized spacial score (nSPS) is 10.2. The van der Waals surface area contributed by atoms with Crippen molar-refractivity contribution in [3.05, 3.63) is 12.8 Å². The quantitative estimate of drug-likeness (QED) is 0.288. The number of rotatable bonds is 6. The summed E-state index contributed by atoms with van der Waals surface area (Å²) in [6.45, 7) is 5.50. The van der Waals surface area contributed by atoms with Gasteiger partial charge in [-0.3, -0.25) is 0 Å². The van der Waals surface area contributed by atoms with E-state index in [0.29, 0.717) is 0 Å². The summed E-state index contributed by atoms with van der Waals surface area (Å²) >= 11 is 0. The highest BCUT2D eigenvalue weighted by Gasteiger charge is 2.04. The number of nitrogens with zero attached hydrogens (tertiary/aromatic N) is 1. The van der Waals surface area contributed by atoms with Gasteiger partial charge in [0, 0.05) is 0 Å². The van der Waals surface area contributed by atoms with Gasteiger partial charge in [0.25, 0.3) is 0 Å². The van der Waals surface area contributed by atoms with Crippen LogP contribution in [0.2, 0.25) is 0 Å². The molecule has 74 valence electrons. The van der Waals surface area contributed by atoms with Crippen molar-refractivity contribution in [2.24, 2.45) is 0 Å². The van der Waals surface area contributed by atoms with E-state index in [1.54, 1.807) is 0 Å². The lowest BCUT2D eigenvalue weighted by atomic mass is 10.3. The second kappa shape index (κ2) is 7.44. The van der Waals surface area contributed by atoms with E-state index in [1.165, 1.54) is 19.2 Å². The fourth-order valence-corrected chi connectivity index (χ4v) is 0.855. The van der Waals surface area contributed by atoms with E-state index in [1.807, 2.05) is 0 Å². The minimum Gasteiger partial charge on any atom is -1.00 e. The molecule has 0 N–H and O–H groups in total. The summed E-state index contributed by atoms with van der Waals surface area (Å²) in [5.74, 6) is 0. The van der Waals surface area contributed by atoms with Crippen molar-refractivity contribution in [1.29, 1.82) is 0 Å². The first kappa shape index (κ1) is 14.3. The van der Waals surface area contributed by atoms with Crippen LogP contribution >= 0.6 is 0 Å². The number of quaternary nitrogens is 1. The molecule has 3 heteroatoms. The van der Waals surface area contributed by atoms with Gasteiger partial charge in [-0.25, -0.2) is 0 Å². The van der Waals surface area contributed by atoms with E-state index in [4.69, 9.17) is 4.74 Å². The molecule has 0 aromatic carbocycles. The fraction of sp³-hybridized carbons (Fsp3) is 0.778. The van der Waals surface area contributed by atoms with E-state index in [0.717, 1.165) is 17.5 Å². The molecule has 0 saturated heterocycles. The minimum atomic E-state index is 0. The Morgan fingerprint density at radius 1 is 1.25 bits per heavy atom. The van der Waals surface area contributed by atoms with Crippen LogP contribution in [-0.4, -0.2) is 38.8 Å². The van der Waals surface area contributed by atoms with Gasteiger partial charge < -0.3 is 21.6 Å². The fourth-order valence-electron chi connectivity index (χ4n) is 0.855. The van der Waals surface area contributed by atoms with Gasteiger partial charge in [0.2, 0.25) is 0 Å². The maximum Gasteiger partial charge on any atom is 0.0875 e. The number of ether oxygens (including phenoxy) is 1. The molecule has 0 aliphatic heterocycles. The Balaban J connectivity index is 0. The molecule has 0 radical (unpaired) electrons. The molecule has 2 nitrogen and oxygen atoms in total. The second-order valence-electron chi connectivity index (χ2n) is 3.76. The summed E-state index contributed by atoms with van der Waals surface area (Å²) in [7, 11) is 6.61. The van der Waals surface area contributed by atoms with Crippen molar-refractivity contribution < 1.29 is 21.6 Å². The van der Waals surface area contributed by atoms with E-state index in [-0.39, 0.29) is 12.4 Å². The van der Waals surface area contributed by atoms with Gasteiger partial charge in [-0.2, -0.15) is 0 Å². The van der Waals surface area contributed by atoms with Gasteiger partial charge in [0.1, 0.15) is 0 Å². The van der Waals surface area contributed by atoms with Crippen molar-refractivity contribution in [1.82, 2.24) is 0 Å². The predicted molar refractivity (Wildman–Crippen MR) is 48.3 cm³/mol. The molecule has 0 saturated carbocycles. The van der Waals surface area contributed by atoms with Gasteiger partial charge in [-0.1, -0.05) is 6.58 Å². The molecule has 0 fully saturated rings. The van der Waals surface area contributed by atoms with Crippen molar-refractivity contribution in [2.75, 3.05) is 34.3 Å². The lowest BCUT2D eigenvalue weighted by molar-refractivity contribution is -0.870. The third kappa shape index (κ3) is 12.5. The predicted octanol–water partition coefficient (Wildman–Crippen LogP) is -1.36. The molecule has 0 heterocycles. The summed E-state index contributed by atoms with van der Waals surface area (Å²) in [5, 5.41) is 0. The zero-order valence-corrected chi connectivity index (χ0v) is 9.10. The molecule has 0 aliphatic carbocycles. The number of hydrogen-bond acceptors (Lipinski definition) is 1. The SMILES string of the molecule is C=COCCCC[N+](C)(C)C.[Cl-]. The molecule has 0 atom stereocenters. The van der Waals surface area contributed by atoms with E-state index >= 15 is 0 Å². The highest BCUT2D eigenvalue weighted by Crippen LogP contribution is 1.97. The molecule has 0 bridgehead atoms. The molecule has 0 unspecified atom stereocenters. The molecule has 0 aliphatic rings. The summed E-state index contributed by atoms with van der Waals surface area (Å²) in [4.78, 5) is 0. The van der Waals surface area contributed by atoms with Crippen LogP contribution in [-0.2, 0) is 4.74 Å². The first-order valence-corrected chi connectivity index (χ1v) is 4.09. The van der Waals surface area contributed by atoms with E-state index in [2.05, 4.69) is 27.7 Å². The molecule has 0 aromatic rings. The number of halogens is 1. The molecular formula is C9H20ClNO. The molecule has 0 aromatic heterocycles. The van der Waals surface area contributed by atoms with Crippen LogP contribution in [0.4, 0.5) is 0 Å².